The number of rotatable bonds is 6. The van der Waals surface area contributed by atoms with Crippen molar-refractivity contribution in [2.24, 2.45) is 0 Å². The number of hydrogen-bond acceptors (Lipinski definition) is 5. The van der Waals surface area contributed by atoms with Gasteiger partial charge in [0.25, 0.3) is 5.91 Å². The number of anilines is 1. The SMILES string of the molecule is COc1ccc(NC(=O)c2cccc(-n3cccc3)c2)cc1S(=O)(=O)N1CCOCC1. The van der Waals surface area contributed by atoms with Gasteiger partial charge < -0.3 is 19.4 Å². The van der Waals surface area contributed by atoms with E-state index in [2.05, 4.69) is 5.32 Å². The molecule has 31 heavy (non-hydrogen) atoms. The number of methoxy groups -OCH3 is 1. The number of benzene rings is 2. The van der Waals surface area contributed by atoms with Crippen LogP contribution < -0.4 is 10.1 Å². The molecule has 0 unspecified atom stereocenters. The molecule has 0 bridgehead atoms. The molecule has 1 saturated heterocycles. The van der Waals surface area contributed by atoms with Gasteiger partial charge >= 0.3 is 0 Å². The van der Waals surface area contributed by atoms with E-state index in [-0.39, 0.29) is 29.6 Å². The largest absolute Gasteiger partial charge is 0.495 e. The molecular weight excluding hydrogens is 418 g/mol. The number of nitrogens with one attached hydrogen (secondary N) is 1. The van der Waals surface area contributed by atoms with E-state index < -0.39 is 10.0 Å². The number of sulfonamides is 1. The van der Waals surface area contributed by atoms with E-state index in [1.807, 2.05) is 35.2 Å². The molecule has 2 aromatic carbocycles. The van der Waals surface area contributed by atoms with E-state index >= 15 is 0 Å². The van der Waals surface area contributed by atoms with Crippen molar-refractivity contribution < 1.29 is 22.7 Å². The van der Waals surface area contributed by atoms with Crippen LogP contribution in [0.5, 0.6) is 5.75 Å². The third-order valence-electron chi connectivity index (χ3n) is 5.02. The number of aromatic nitrogens is 1. The third-order valence-corrected chi connectivity index (χ3v) is 6.94. The number of morpholine rings is 1. The van der Waals surface area contributed by atoms with Gasteiger partial charge in [-0.05, 0) is 48.5 Å². The number of amides is 1. The van der Waals surface area contributed by atoms with Gasteiger partial charge in [-0.2, -0.15) is 4.31 Å². The Labute approximate surface area is 181 Å². The number of carbonyl (C=O) groups is 1. The normalized spacial score (nSPS) is 14.9. The molecular formula is C22H23N3O5S. The maximum Gasteiger partial charge on any atom is 0.255 e. The summed E-state index contributed by atoms with van der Waals surface area (Å²) in [6, 6.07) is 15.6. The van der Waals surface area contributed by atoms with Crippen LogP contribution in [-0.2, 0) is 14.8 Å². The summed E-state index contributed by atoms with van der Waals surface area (Å²) in [5.41, 5.74) is 1.67. The van der Waals surface area contributed by atoms with E-state index in [0.717, 1.165) is 5.69 Å². The van der Waals surface area contributed by atoms with E-state index in [1.165, 1.54) is 17.5 Å². The van der Waals surface area contributed by atoms with Crippen LogP contribution in [0.2, 0.25) is 0 Å². The molecule has 2 heterocycles. The summed E-state index contributed by atoms with van der Waals surface area (Å²) in [4.78, 5) is 12.8. The van der Waals surface area contributed by atoms with Crippen molar-refractivity contribution in [2.45, 2.75) is 4.90 Å². The molecule has 3 aromatic rings. The van der Waals surface area contributed by atoms with Crippen molar-refractivity contribution in [3.63, 3.8) is 0 Å². The van der Waals surface area contributed by atoms with Crippen LogP contribution in [0.1, 0.15) is 10.4 Å². The molecule has 0 spiro atoms. The monoisotopic (exact) mass is 441 g/mol. The number of carbonyl (C=O) groups excluding carboxylic acids is 1. The first-order valence-electron chi connectivity index (χ1n) is 9.80. The quantitative estimate of drug-likeness (QED) is 0.635. The second-order valence-electron chi connectivity index (χ2n) is 6.98. The van der Waals surface area contributed by atoms with Crippen molar-refractivity contribution in [3.8, 4) is 11.4 Å². The first-order valence-corrected chi connectivity index (χ1v) is 11.2. The Morgan fingerprint density at radius 1 is 1.03 bits per heavy atom. The zero-order valence-corrected chi connectivity index (χ0v) is 17.8. The molecule has 0 atom stereocenters. The van der Waals surface area contributed by atoms with Crippen LogP contribution in [-0.4, -0.2) is 56.6 Å². The second kappa shape index (κ2) is 8.93. The maximum atomic E-state index is 13.1. The topological polar surface area (TPSA) is 89.9 Å². The zero-order valence-electron chi connectivity index (χ0n) is 17.0. The second-order valence-corrected chi connectivity index (χ2v) is 8.88. The Bertz CT molecular complexity index is 1170. The fourth-order valence-electron chi connectivity index (χ4n) is 3.40. The predicted molar refractivity (Wildman–Crippen MR) is 116 cm³/mol. The highest BCUT2D eigenvalue weighted by molar-refractivity contribution is 7.89. The van der Waals surface area contributed by atoms with Gasteiger partial charge in [-0.25, -0.2) is 8.42 Å². The fraction of sp³-hybridized carbons (Fsp3) is 0.227. The Balaban J connectivity index is 1.60. The van der Waals surface area contributed by atoms with Gasteiger partial charge in [-0.15, -0.1) is 0 Å². The smallest absolute Gasteiger partial charge is 0.255 e. The lowest BCUT2D eigenvalue weighted by Gasteiger charge is -2.26. The molecule has 8 nitrogen and oxygen atoms in total. The van der Waals surface area contributed by atoms with Gasteiger partial charge in [0.1, 0.15) is 10.6 Å². The lowest BCUT2D eigenvalue weighted by molar-refractivity contribution is 0.0729. The zero-order chi connectivity index (χ0) is 21.8. The Hall–Kier alpha value is -3.14. The first-order chi connectivity index (χ1) is 15.0. The standard InChI is InChI=1S/C22H23N3O5S/c1-29-20-8-7-18(16-21(20)31(27,28)25-11-13-30-14-12-25)23-22(26)17-5-4-6-19(15-17)24-9-2-3-10-24/h2-10,15-16H,11-14H2,1H3,(H,23,26). The number of hydrogen-bond donors (Lipinski definition) is 1. The van der Waals surface area contributed by atoms with Crippen molar-refractivity contribution in [2.75, 3.05) is 38.7 Å². The molecule has 0 radical (unpaired) electrons. The van der Waals surface area contributed by atoms with Crippen LogP contribution in [0.15, 0.2) is 71.9 Å². The summed E-state index contributed by atoms with van der Waals surface area (Å²) in [6.07, 6.45) is 3.78. The van der Waals surface area contributed by atoms with E-state index in [9.17, 15) is 13.2 Å². The predicted octanol–water partition coefficient (Wildman–Crippen LogP) is 2.76. The highest BCUT2D eigenvalue weighted by Gasteiger charge is 2.29. The van der Waals surface area contributed by atoms with Gasteiger partial charge in [0.15, 0.2) is 0 Å². The highest BCUT2D eigenvalue weighted by atomic mass is 32.2. The minimum absolute atomic E-state index is 0.00999. The lowest BCUT2D eigenvalue weighted by Crippen LogP contribution is -2.40. The van der Waals surface area contributed by atoms with Gasteiger partial charge in [-0.1, -0.05) is 6.07 Å². The molecule has 9 heteroatoms. The first kappa shape index (κ1) is 21.1. The summed E-state index contributed by atoms with van der Waals surface area (Å²) >= 11 is 0. The van der Waals surface area contributed by atoms with Gasteiger partial charge in [0.2, 0.25) is 10.0 Å². The van der Waals surface area contributed by atoms with Crippen LogP contribution in [0, 0.1) is 0 Å². The minimum Gasteiger partial charge on any atom is -0.495 e. The van der Waals surface area contributed by atoms with Crippen LogP contribution >= 0.6 is 0 Å². The highest BCUT2D eigenvalue weighted by Crippen LogP contribution is 2.30. The number of ether oxygens (including phenoxy) is 2. The van der Waals surface area contributed by atoms with Gasteiger partial charge in [0.05, 0.1) is 20.3 Å². The summed E-state index contributed by atoms with van der Waals surface area (Å²) in [7, 11) is -2.38. The van der Waals surface area contributed by atoms with Crippen LogP contribution in [0.4, 0.5) is 5.69 Å². The third kappa shape index (κ3) is 4.48. The molecule has 162 valence electrons. The Morgan fingerprint density at radius 2 is 1.77 bits per heavy atom. The fourth-order valence-corrected chi connectivity index (χ4v) is 4.99. The average Bonchev–Trinajstić information content (AvgIpc) is 3.35. The molecule has 1 aliphatic rings. The molecule has 0 aliphatic carbocycles. The van der Waals surface area contributed by atoms with Crippen molar-refractivity contribution >= 4 is 21.6 Å². The van der Waals surface area contributed by atoms with Crippen molar-refractivity contribution in [3.05, 3.63) is 72.6 Å². The minimum atomic E-state index is -3.79. The van der Waals surface area contributed by atoms with E-state index in [4.69, 9.17) is 9.47 Å². The molecule has 1 amide bonds. The molecule has 1 aliphatic heterocycles. The average molecular weight is 442 g/mol. The van der Waals surface area contributed by atoms with Crippen molar-refractivity contribution in [1.29, 1.82) is 0 Å². The Kier molecular flexibility index (Phi) is 6.08. The van der Waals surface area contributed by atoms with E-state index in [0.29, 0.717) is 24.5 Å². The summed E-state index contributed by atoms with van der Waals surface area (Å²) in [5.74, 6) is -0.118. The molecule has 0 saturated carbocycles. The summed E-state index contributed by atoms with van der Waals surface area (Å²) < 4.78 is 40.0. The van der Waals surface area contributed by atoms with Crippen LogP contribution in [0.25, 0.3) is 5.69 Å². The Morgan fingerprint density at radius 3 is 2.48 bits per heavy atom. The summed E-state index contributed by atoms with van der Waals surface area (Å²) in [6.45, 7) is 1.23. The molecule has 1 aromatic heterocycles. The number of nitrogens with zero attached hydrogens (tertiary/aromatic N) is 2. The molecule has 1 fully saturated rings. The molecule has 1 N–H and O–H groups in total. The molecule has 4 rings (SSSR count). The maximum absolute atomic E-state index is 13.1. The van der Waals surface area contributed by atoms with Crippen LogP contribution in [0.3, 0.4) is 0 Å². The van der Waals surface area contributed by atoms with Crippen molar-refractivity contribution in [1.82, 2.24) is 8.87 Å². The van der Waals surface area contributed by atoms with Gasteiger partial charge in [-0.3, -0.25) is 4.79 Å². The lowest BCUT2D eigenvalue weighted by atomic mass is 10.2. The summed E-state index contributed by atoms with van der Waals surface area (Å²) in [5, 5.41) is 2.79. The van der Waals surface area contributed by atoms with Gasteiger partial charge in [0, 0.05) is 42.4 Å². The van der Waals surface area contributed by atoms with E-state index in [1.54, 1.807) is 30.3 Å².